The Hall–Kier alpha value is -2.75. The third kappa shape index (κ3) is 5.36. The van der Waals surface area contributed by atoms with Gasteiger partial charge in [-0.2, -0.15) is 10.1 Å². The van der Waals surface area contributed by atoms with Crippen LogP contribution in [0.3, 0.4) is 0 Å². The molecule has 9 nitrogen and oxygen atoms in total. The summed E-state index contributed by atoms with van der Waals surface area (Å²) in [6, 6.07) is 5.20. The summed E-state index contributed by atoms with van der Waals surface area (Å²) in [5, 5.41) is 14.4. The SMILES string of the molecule is COc1ccc(NC(=O)CSc2n[nH]c(NN=C3CCCC3)n2)c(OC)c1. The van der Waals surface area contributed by atoms with E-state index in [4.69, 9.17) is 9.47 Å². The molecule has 0 radical (unpaired) electrons. The molecular formula is C17H22N6O3S. The van der Waals surface area contributed by atoms with Crippen molar-refractivity contribution in [3.63, 3.8) is 0 Å². The van der Waals surface area contributed by atoms with Crippen LogP contribution < -0.4 is 20.2 Å². The highest BCUT2D eigenvalue weighted by Crippen LogP contribution is 2.29. The minimum Gasteiger partial charge on any atom is -0.497 e. The number of hydrogen-bond acceptors (Lipinski definition) is 8. The van der Waals surface area contributed by atoms with Gasteiger partial charge in [-0.05, 0) is 37.8 Å². The Balaban J connectivity index is 1.50. The van der Waals surface area contributed by atoms with E-state index in [1.807, 2.05) is 0 Å². The van der Waals surface area contributed by atoms with Gasteiger partial charge in [0.25, 0.3) is 0 Å². The number of carbonyl (C=O) groups excluding carboxylic acids is 1. The summed E-state index contributed by atoms with van der Waals surface area (Å²) in [6.07, 6.45) is 4.42. The lowest BCUT2D eigenvalue weighted by atomic mass is 10.2. The number of aromatic amines is 1. The Bertz CT molecular complexity index is 815. The van der Waals surface area contributed by atoms with Crippen LogP contribution in [0.1, 0.15) is 25.7 Å². The summed E-state index contributed by atoms with van der Waals surface area (Å²) < 4.78 is 10.4. The molecule has 144 valence electrons. The third-order valence-corrected chi connectivity index (χ3v) is 4.83. The van der Waals surface area contributed by atoms with Crippen molar-refractivity contribution < 1.29 is 14.3 Å². The van der Waals surface area contributed by atoms with Crippen molar-refractivity contribution in [3.05, 3.63) is 18.2 Å². The second-order valence-corrected chi connectivity index (χ2v) is 6.81. The number of ether oxygens (including phenoxy) is 2. The van der Waals surface area contributed by atoms with Crippen LogP contribution >= 0.6 is 11.8 Å². The van der Waals surface area contributed by atoms with Gasteiger partial charge < -0.3 is 14.8 Å². The number of rotatable bonds is 8. The number of hydrazone groups is 1. The van der Waals surface area contributed by atoms with Crippen molar-refractivity contribution >= 4 is 35.0 Å². The lowest BCUT2D eigenvalue weighted by Crippen LogP contribution is -2.14. The molecule has 1 amide bonds. The highest BCUT2D eigenvalue weighted by Gasteiger charge is 2.12. The molecule has 1 aliphatic rings. The number of anilines is 2. The van der Waals surface area contributed by atoms with Gasteiger partial charge in [-0.1, -0.05) is 11.8 Å². The minimum atomic E-state index is -0.186. The number of carbonyl (C=O) groups is 1. The Morgan fingerprint density at radius 3 is 2.85 bits per heavy atom. The van der Waals surface area contributed by atoms with E-state index in [-0.39, 0.29) is 11.7 Å². The van der Waals surface area contributed by atoms with Crippen LogP contribution in [-0.4, -0.2) is 46.8 Å². The molecular weight excluding hydrogens is 368 g/mol. The molecule has 27 heavy (non-hydrogen) atoms. The first kappa shape index (κ1) is 19.0. The first-order valence-electron chi connectivity index (χ1n) is 8.56. The zero-order valence-corrected chi connectivity index (χ0v) is 16.1. The molecule has 3 rings (SSSR count). The van der Waals surface area contributed by atoms with Crippen molar-refractivity contribution in [2.75, 3.05) is 30.7 Å². The average Bonchev–Trinajstić information content (AvgIpc) is 3.36. The summed E-state index contributed by atoms with van der Waals surface area (Å²) in [4.78, 5) is 16.5. The number of thioether (sulfide) groups is 1. The summed E-state index contributed by atoms with van der Waals surface area (Å²) in [5.74, 6) is 1.63. The lowest BCUT2D eigenvalue weighted by molar-refractivity contribution is -0.113. The fourth-order valence-corrected chi connectivity index (χ4v) is 3.20. The number of H-pyrrole nitrogens is 1. The molecule has 2 aromatic rings. The summed E-state index contributed by atoms with van der Waals surface area (Å²) in [6.45, 7) is 0. The first-order chi connectivity index (χ1) is 13.2. The second kappa shape index (κ2) is 9.26. The van der Waals surface area contributed by atoms with Crippen LogP contribution in [0.4, 0.5) is 11.6 Å². The number of aromatic nitrogens is 3. The summed E-state index contributed by atoms with van der Waals surface area (Å²) in [7, 11) is 3.11. The molecule has 0 saturated heterocycles. The van der Waals surface area contributed by atoms with Gasteiger partial charge in [0.15, 0.2) is 0 Å². The Kier molecular flexibility index (Phi) is 6.53. The van der Waals surface area contributed by atoms with Crippen LogP contribution in [0.25, 0.3) is 0 Å². The monoisotopic (exact) mass is 390 g/mol. The molecule has 0 atom stereocenters. The molecule has 1 fully saturated rings. The van der Waals surface area contributed by atoms with Crippen molar-refractivity contribution in [3.8, 4) is 11.5 Å². The number of nitrogens with zero attached hydrogens (tertiary/aromatic N) is 3. The van der Waals surface area contributed by atoms with Gasteiger partial charge in [0.2, 0.25) is 17.0 Å². The van der Waals surface area contributed by atoms with Gasteiger partial charge in [-0.15, -0.1) is 5.10 Å². The van der Waals surface area contributed by atoms with Gasteiger partial charge in [0.1, 0.15) is 11.5 Å². The molecule has 3 N–H and O–H groups in total. The van der Waals surface area contributed by atoms with Crippen LogP contribution in [0, 0.1) is 0 Å². The predicted molar refractivity (Wildman–Crippen MR) is 105 cm³/mol. The van der Waals surface area contributed by atoms with E-state index in [1.165, 1.54) is 31.7 Å². The number of methoxy groups -OCH3 is 2. The Labute approximate surface area is 161 Å². The molecule has 10 heteroatoms. The average molecular weight is 390 g/mol. The highest BCUT2D eigenvalue weighted by atomic mass is 32.2. The lowest BCUT2D eigenvalue weighted by Gasteiger charge is -2.11. The van der Waals surface area contributed by atoms with E-state index in [0.717, 1.165) is 18.6 Å². The molecule has 1 saturated carbocycles. The summed E-state index contributed by atoms with van der Waals surface area (Å²) in [5.41, 5.74) is 4.60. The summed E-state index contributed by atoms with van der Waals surface area (Å²) >= 11 is 1.23. The minimum absolute atomic E-state index is 0.168. The second-order valence-electron chi connectivity index (χ2n) is 5.87. The van der Waals surface area contributed by atoms with Crippen molar-refractivity contribution in [2.24, 2.45) is 5.10 Å². The van der Waals surface area contributed by atoms with Gasteiger partial charge >= 0.3 is 0 Å². The van der Waals surface area contributed by atoms with E-state index in [1.54, 1.807) is 25.3 Å². The van der Waals surface area contributed by atoms with Crippen LogP contribution in [0.2, 0.25) is 0 Å². The Morgan fingerprint density at radius 2 is 2.11 bits per heavy atom. The van der Waals surface area contributed by atoms with Crippen LogP contribution in [-0.2, 0) is 4.79 Å². The number of benzene rings is 1. The number of nitrogens with one attached hydrogen (secondary N) is 3. The molecule has 0 bridgehead atoms. The van der Waals surface area contributed by atoms with E-state index in [2.05, 4.69) is 31.0 Å². The molecule has 1 aromatic carbocycles. The maximum absolute atomic E-state index is 12.2. The molecule has 0 unspecified atom stereocenters. The molecule has 1 aromatic heterocycles. The standard InChI is InChI=1S/C17H22N6O3S/c1-25-12-7-8-13(14(9-12)26-2)18-15(24)10-27-17-19-16(22-23-17)21-20-11-5-3-4-6-11/h7-9H,3-6,10H2,1-2H3,(H,18,24)(H2,19,21,22,23). The predicted octanol–water partition coefficient (Wildman–Crippen LogP) is 2.89. The normalized spacial score (nSPS) is 13.3. The maximum atomic E-state index is 12.2. The highest BCUT2D eigenvalue weighted by molar-refractivity contribution is 7.99. The van der Waals surface area contributed by atoms with E-state index in [0.29, 0.717) is 28.3 Å². The van der Waals surface area contributed by atoms with Gasteiger partial charge in [0.05, 0.1) is 25.7 Å². The van der Waals surface area contributed by atoms with Crippen molar-refractivity contribution in [1.29, 1.82) is 0 Å². The fraction of sp³-hybridized carbons (Fsp3) is 0.412. The van der Waals surface area contributed by atoms with Crippen LogP contribution in [0.5, 0.6) is 11.5 Å². The molecule has 1 aliphatic carbocycles. The molecule has 1 heterocycles. The zero-order chi connectivity index (χ0) is 19.1. The topological polar surface area (TPSA) is 114 Å². The quantitative estimate of drug-likeness (QED) is 0.469. The van der Waals surface area contributed by atoms with E-state index < -0.39 is 0 Å². The van der Waals surface area contributed by atoms with Crippen molar-refractivity contribution in [2.45, 2.75) is 30.8 Å². The smallest absolute Gasteiger partial charge is 0.240 e. The van der Waals surface area contributed by atoms with E-state index in [9.17, 15) is 4.79 Å². The van der Waals surface area contributed by atoms with Crippen LogP contribution in [0.15, 0.2) is 28.5 Å². The third-order valence-electron chi connectivity index (χ3n) is 3.98. The first-order valence-corrected chi connectivity index (χ1v) is 9.55. The Morgan fingerprint density at radius 1 is 1.30 bits per heavy atom. The van der Waals surface area contributed by atoms with E-state index >= 15 is 0 Å². The zero-order valence-electron chi connectivity index (χ0n) is 15.2. The van der Waals surface area contributed by atoms with Gasteiger partial charge in [-0.3, -0.25) is 4.79 Å². The maximum Gasteiger partial charge on any atom is 0.240 e. The van der Waals surface area contributed by atoms with Crippen molar-refractivity contribution in [1.82, 2.24) is 15.2 Å². The number of hydrogen-bond donors (Lipinski definition) is 3. The number of amides is 1. The molecule has 0 spiro atoms. The fourth-order valence-electron chi connectivity index (χ4n) is 2.61. The molecule has 0 aliphatic heterocycles. The van der Waals surface area contributed by atoms with Gasteiger partial charge in [-0.25, -0.2) is 10.5 Å². The largest absolute Gasteiger partial charge is 0.497 e. The van der Waals surface area contributed by atoms with Gasteiger partial charge in [0, 0.05) is 11.8 Å².